The van der Waals surface area contributed by atoms with E-state index in [0.29, 0.717) is 0 Å². The van der Waals surface area contributed by atoms with Gasteiger partial charge in [-0.3, -0.25) is 0 Å². The number of hydrogen-bond acceptors (Lipinski definition) is 2. The average molecular weight is 261 g/mol. The second-order valence-corrected chi connectivity index (χ2v) is 5.17. The molecule has 3 aromatic rings. The van der Waals surface area contributed by atoms with Crippen molar-refractivity contribution in [3.05, 3.63) is 66.2 Å². The van der Waals surface area contributed by atoms with E-state index in [1.54, 1.807) is 0 Å². The van der Waals surface area contributed by atoms with Crippen LogP contribution in [0.4, 0.5) is 5.69 Å². The minimum Gasteiger partial charge on any atom is -0.454 e. The highest BCUT2D eigenvalue weighted by Gasteiger charge is 2.21. The third-order valence-corrected chi connectivity index (χ3v) is 3.85. The number of nitrogens with one attached hydrogen (secondary N) is 1. The summed E-state index contributed by atoms with van der Waals surface area (Å²) in [4.78, 5) is 0. The Hall–Kier alpha value is -2.48. The number of hydrogen-bond donors (Lipinski definition) is 1. The molecule has 0 unspecified atom stereocenters. The number of ether oxygens (including phenoxy) is 1. The largest absolute Gasteiger partial charge is 0.454 e. The third-order valence-electron chi connectivity index (χ3n) is 3.85. The summed E-state index contributed by atoms with van der Waals surface area (Å²) in [7, 11) is 0. The monoisotopic (exact) mass is 261 g/mol. The van der Waals surface area contributed by atoms with Gasteiger partial charge in [0, 0.05) is 10.9 Å². The van der Waals surface area contributed by atoms with E-state index < -0.39 is 0 Å². The van der Waals surface area contributed by atoms with Crippen LogP contribution in [-0.4, -0.2) is 0 Å². The molecule has 1 atom stereocenters. The molecule has 1 aliphatic rings. The van der Waals surface area contributed by atoms with Crippen LogP contribution in [0.15, 0.2) is 60.7 Å². The molecule has 4 rings (SSSR count). The van der Waals surface area contributed by atoms with Crippen molar-refractivity contribution in [1.29, 1.82) is 0 Å². The van der Waals surface area contributed by atoms with E-state index in [0.717, 1.165) is 22.6 Å². The fourth-order valence-electron chi connectivity index (χ4n) is 2.81. The minimum absolute atomic E-state index is 0.221. The van der Waals surface area contributed by atoms with Crippen LogP contribution in [0.3, 0.4) is 0 Å². The number of fused-ring (bicyclic) bond motifs is 4. The topological polar surface area (TPSA) is 21.3 Å². The standard InChI is InChI=1S/C18H15NO/c1-12-14-11-10-13-6-2-3-7-15(13)18(14)20-17-9-5-4-8-16(17)19-12/h2-12,19H,1H3/t12-/m0/s1. The zero-order valence-corrected chi connectivity index (χ0v) is 11.3. The molecule has 1 heterocycles. The first-order chi connectivity index (χ1) is 9.83. The Morgan fingerprint density at radius 3 is 2.65 bits per heavy atom. The van der Waals surface area contributed by atoms with E-state index in [1.807, 2.05) is 18.2 Å². The molecule has 0 aromatic heterocycles. The van der Waals surface area contributed by atoms with Crippen LogP contribution in [0.2, 0.25) is 0 Å². The van der Waals surface area contributed by atoms with Crippen molar-refractivity contribution < 1.29 is 4.74 Å². The number of anilines is 1. The second-order valence-electron chi connectivity index (χ2n) is 5.17. The third kappa shape index (κ3) is 1.65. The molecular weight excluding hydrogens is 246 g/mol. The molecule has 0 saturated heterocycles. The van der Waals surface area contributed by atoms with E-state index in [9.17, 15) is 0 Å². The maximum atomic E-state index is 6.22. The van der Waals surface area contributed by atoms with E-state index in [-0.39, 0.29) is 6.04 Å². The van der Waals surface area contributed by atoms with Crippen molar-refractivity contribution >= 4 is 16.5 Å². The zero-order chi connectivity index (χ0) is 13.5. The van der Waals surface area contributed by atoms with Gasteiger partial charge < -0.3 is 10.1 Å². The fourth-order valence-corrected chi connectivity index (χ4v) is 2.81. The van der Waals surface area contributed by atoms with E-state index >= 15 is 0 Å². The van der Waals surface area contributed by atoms with E-state index in [4.69, 9.17) is 4.74 Å². The van der Waals surface area contributed by atoms with Crippen LogP contribution in [-0.2, 0) is 0 Å². The van der Waals surface area contributed by atoms with Crippen molar-refractivity contribution in [1.82, 2.24) is 0 Å². The molecule has 20 heavy (non-hydrogen) atoms. The lowest BCUT2D eigenvalue weighted by Gasteiger charge is -2.14. The Labute approximate surface area is 118 Å². The lowest BCUT2D eigenvalue weighted by atomic mass is 10.0. The summed E-state index contributed by atoms with van der Waals surface area (Å²) in [6.45, 7) is 2.17. The highest BCUT2D eigenvalue weighted by molar-refractivity contribution is 5.90. The van der Waals surface area contributed by atoms with Gasteiger partial charge in [0.2, 0.25) is 0 Å². The molecule has 1 aliphatic heterocycles. The number of benzene rings is 3. The van der Waals surface area contributed by atoms with Gasteiger partial charge in [0.1, 0.15) is 5.75 Å². The predicted octanol–water partition coefficient (Wildman–Crippen LogP) is 5.12. The molecule has 0 fully saturated rings. The van der Waals surface area contributed by atoms with Crippen molar-refractivity contribution in [2.45, 2.75) is 13.0 Å². The first-order valence-electron chi connectivity index (χ1n) is 6.88. The van der Waals surface area contributed by atoms with Gasteiger partial charge in [0.25, 0.3) is 0 Å². The molecule has 0 aliphatic carbocycles. The van der Waals surface area contributed by atoms with Gasteiger partial charge in [-0.2, -0.15) is 0 Å². The van der Waals surface area contributed by atoms with Gasteiger partial charge in [-0.25, -0.2) is 0 Å². The molecule has 0 radical (unpaired) electrons. The molecule has 1 N–H and O–H groups in total. The summed E-state index contributed by atoms with van der Waals surface area (Å²) >= 11 is 0. The Bertz CT molecular complexity index is 794. The van der Waals surface area contributed by atoms with Crippen LogP contribution in [0.5, 0.6) is 11.5 Å². The summed E-state index contributed by atoms with van der Waals surface area (Å²) in [6, 6.07) is 21.0. The smallest absolute Gasteiger partial charge is 0.150 e. The number of para-hydroxylation sites is 2. The normalized spacial score (nSPS) is 16.6. The molecule has 3 aromatic carbocycles. The highest BCUT2D eigenvalue weighted by atomic mass is 16.5. The van der Waals surface area contributed by atoms with Gasteiger partial charge in [-0.15, -0.1) is 0 Å². The minimum atomic E-state index is 0.221. The molecular formula is C18H15NO. The van der Waals surface area contributed by atoms with Crippen LogP contribution in [0.1, 0.15) is 18.5 Å². The van der Waals surface area contributed by atoms with E-state index in [1.165, 1.54) is 10.9 Å². The van der Waals surface area contributed by atoms with Gasteiger partial charge in [0.05, 0.1) is 11.7 Å². The Morgan fingerprint density at radius 1 is 0.900 bits per heavy atom. The first kappa shape index (κ1) is 11.4. The summed E-state index contributed by atoms with van der Waals surface area (Å²) in [5.41, 5.74) is 2.24. The van der Waals surface area contributed by atoms with Crippen LogP contribution < -0.4 is 10.1 Å². The van der Waals surface area contributed by atoms with Gasteiger partial charge in [0.15, 0.2) is 5.75 Å². The predicted molar refractivity (Wildman–Crippen MR) is 82.5 cm³/mol. The molecule has 0 saturated carbocycles. The van der Waals surface area contributed by atoms with Gasteiger partial charge in [-0.1, -0.05) is 48.5 Å². The molecule has 0 bridgehead atoms. The lowest BCUT2D eigenvalue weighted by Crippen LogP contribution is -2.04. The zero-order valence-electron chi connectivity index (χ0n) is 11.3. The van der Waals surface area contributed by atoms with Gasteiger partial charge in [-0.05, 0) is 24.4 Å². The van der Waals surface area contributed by atoms with Crippen molar-refractivity contribution in [3.63, 3.8) is 0 Å². The molecule has 0 spiro atoms. The van der Waals surface area contributed by atoms with E-state index in [2.05, 4.69) is 54.7 Å². The Balaban J connectivity index is 2.01. The quantitative estimate of drug-likeness (QED) is 0.606. The van der Waals surface area contributed by atoms with Crippen molar-refractivity contribution in [2.75, 3.05) is 5.32 Å². The van der Waals surface area contributed by atoms with Crippen molar-refractivity contribution in [2.24, 2.45) is 0 Å². The Kier molecular flexibility index (Phi) is 2.43. The summed E-state index contributed by atoms with van der Waals surface area (Å²) in [5.74, 6) is 1.85. The fraction of sp³-hybridized carbons (Fsp3) is 0.111. The molecule has 2 heteroatoms. The van der Waals surface area contributed by atoms with Crippen LogP contribution >= 0.6 is 0 Å². The second kappa shape index (κ2) is 4.27. The van der Waals surface area contributed by atoms with Gasteiger partial charge >= 0.3 is 0 Å². The summed E-state index contributed by atoms with van der Waals surface area (Å²) < 4.78 is 6.22. The summed E-state index contributed by atoms with van der Waals surface area (Å²) in [5, 5.41) is 5.89. The average Bonchev–Trinajstić information content (AvgIpc) is 2.63. The maximum Gasteiger partial charge on any atom is 0.150 e. The molecule has 98 valence electrons. The lowest BCUT2D eigenvalue weighted by molar-refractivity contribution is 0.488. The maximum absolute atomic E-state index is 6.22. The first-order valence-corrected chi connectivity index (χ1v) is 6.88. The van der Waals surface area contributed by atoms with Crippen molar-refractivity contribution in [3.8, 4) is 11.5 Å². The molecule has 0 amide bonds. The Morgan fingerprint density at radius 2 is 1.70 bits per heavy atom. The SMILES string of the molecule is C[C@@H]1Nc2ccccc2Oc2c1ccc1ccccc21. The van der Waals surface area contributed by atoms with Crippen LogP contribution in [0.25, 0.3) is 10.8 Å². The molecule has 2 nitrogen and oxygen atoms in total. The number of rotatable bonds is 0. The van der Waals surface area contributed by atoms with Crippen LogP contribution in [0, 0.1) is 0 Å². The highest BCUT2D eigenvalue weighted by Crippen LogP contribution is 2.43. The summed E-state index contributed by atoms with van der Waals surface area (Å²) in [6.07, 6.45) is 0.